The number of benzene rings is 2. The van der Waals surface area contributed by atoms with E-state index in [1.807, 2.05) is 0 Å². The maximum Gasteiger partial charge on any atom is 0.313 e. The third kappa shape index (κ3) is 5.46. The number of fused-ring (bicyclic) bond motifs is 1. The molecule has 0 radical (unpaired) electrons. The number of piperazine rings is 1. The molecule has 2 aliphatic heterocycles. The summed E-state index contributed by atoms with van der Waals surface area (Å²) < 4.78 is 13.3. The van der Waals surface area contributed by atoms with Crippen molar-refractivity contribution in [1.82, 2.24) is 15.1 Å². The van der Waals surface area contributed by atoms with Crippen LogP contribution < -0.4 is 15.5 Å². The third-order valence-electron chi connectivity index (χ3n) is 6.43. The third-order valence-corrected chi connectivity index (χ3v) is 6.72. The van der Waals surface area contributed by atoms with Crippen LogP contribution in [0.15, 0.2) is 36.4 Å². The lowest BCUT2D eigenvalue weighted by Gasteiger charge is -2.38. The number of carbonyl (C=O) groups is 2. The topological polar surface area (TPSA) is 67.9 Å². The summed E-state index contributed by atoms with van der Waals surface area (Å²) in [5, 5.41) is 5.14. The van der Waals surface area contributed by atoms with Crippen LogP contribution in [0.3, 0.4) is 0 Å². The maximum absolute atomic E-state index is 13.3. The number of nitrogens with zero attached hydrogens (tertiary/aromatic N) is 3. The number of halogens is 2. The lowest BCUT2D eigenvalue weighted by Crippen LogP contribution is -2.49. The van der Waals surface area contributed by atoms with Crippen LogP contribution in [0.1, 0.15) is 17.2 Å². The molecule has 0 bridgehead atoms. The number of carbonyl (C=O) groups excluding carboxylic acids is 2. The van der Waals surface area contributed by atoms with Gasteiger partial charge in [0, 0.05) is 57.7 Å². The van der Waals surface area contributed by atoms with Crippen LogP contribution in [0.25, 0.3) is 0 Å². The van der Waals surface area contributed by atoms with E-state index in [2.05, 4.69) is 57.6 Å². The molecule has 2 heterocycles. The monoisotopic (exact) mass is 473 g/mol. The Bertz CT molecular complexity index is 1040. The number of amides is 2. The van der Waals surface area contributed by atoms with Crippen LogP contribution in [0, 0.1) is 5.82 Å². The number of likely N-dealkylation sites (N-methyl/N-ethyl adjacent to an activating group) is 2. The SMILES string of the molecule is CN1CCN([C@H](CNC(=O)C(=O)Nc2ccc(F)c(Cl)c2)c2ccc3c(c2)CCN3C)CC1. The van der Waals surface area contributed by atoms with Crippen molar-refractivity contribution in [1.29, 1.82) is 0 Å². The predicted octanol–water partition coefficient (Wildman–Crippen LogP) is 2.51. The highest BCUT2D eigenvalue weighted by Gasteiger charge is 2.27. The normalized spacial score (nSPS) is 17.5. The van der Waals surface area contributed by atoms with Gasteiger partial charge in [-0.3, -0.25) is 14.5 Å². The van der Waals surface area contributed by atoms with Crippen molar-refractivity contribution in [3.8, 4) is 0 Å². The van der Waals surface area contributed by atoms with Gasteiger partial charge in [-0.05, 0) is 48.9 Å². The fraction of sp³-hybridized carbons (Fsp3) is 0.417. The van der Waals surface area contributed by atoms with Gasteiger partial charge in [0.25, 0.3) is 0 Å². The molecule has 0 aliphatic carbocycles. The van der Waals surface area contributed by atoms with Crippen molar-refractivity contribution in [2.45, 2.75) is 12.5 Å². The fourth-order valence-electron chi connectivity index (χ4n) is 4.42. The summed E-state index contributed by atoms with van der Waals surface area (Å²) in [6.45, 7) is 4.98. The zero-order valence-corrected chi connectivity index (χ0v) is 19.7. The molecule has 0 saturated carbocycles. The first-order valence-corrected chi connectivity index (χ1v) is 11.5. The minimum atomic E-state index is -0.814. The van der Waals surface area contributed by atoms with E-state index in [4.69, 9.17) is 11.6 Å². The van der Waals surface area contributed by atoms with E-state index in [-0.39, 0.29) is 16.8 Å². The highest BCUT2D eigenvalue weighted by Crippen LogP contribution is 2.31. The molecule has 0 aromatic heterocycles. The van der Waals surface area contributed by atoms with Gasteiger partial charge in [0.2, 0.25) is 0 Å². The molecule has 1 fully saturated rings. The van der Waals surface area contributed by atoms with Gasteiger partial charge in [0.1, 0.15) is 5.82 Å². The number of anilines is 2. The van der Waals surface area contributed by atoms with Crippen LogP contribution in [-0.2, 0) is 16.0 Å². The molecule has 1 saturated heterocycles. The standard InChI is InChI=1S/C24H29ClFN5O2/c1-29-9-11-31(12-10-29)22(16-3-6-21-17(13-16)7-8-30(21)2)15-27-23(32)24(33)28-18-4-5-20(26)19(25)14-18/h3-6,13-14,22H,7-12,15H2,1-2H3,(H,27,32)(H,28,33)/t22-/m1/s1. The van der Waals surface area contributed by atoms with E-state index in [0.29, 0.717) is 6.54 Å². The number of hydrogen-bond acceptors (Lipinski definition) is 5. The Kier molecular flexibility index (Phi) is 7.17. The summed E-state index contributed by atoms with van der Waals surface area (Å²) in [7, 11) is 4.20. The van der Waals surface area contributed by atoms with Crippen molar-refractivity contribution in [2.75, 3.05) is 63.6 Å². The largest absolute Gasteiger partial charge is 0.374 e. The molecule has 2 amide bonds. The van der Waals surface area contributed by atoms with Gasteiger partial charge in [0.15, 0.2) is 0 Å². The molecule has 2 aromatic carbocycles. The fourth-order valence-corrected chi connectivity index (χ4v) is 4.60. The zero-order chi connectivity index (χ0) is 23.5. The van der Waals surface area contributed by atoms with Crippen LogP contribution >= 0.6 is 11.6 Å². The lowest BCUT2D eigenvalue weighted by atomic mass is 10.00. The first-order valence-electron chi connectivity index (χ1n) is 11.1. The summed E-state index contributed by atoms with van der Waals surface area (Å²) in [5.41, 5.74) is 3.96. The quantitative estimate of drug-likeness (QED) is 0.653. The summed E-state index contributed by atoms with van der Waals surface area (Å²) in [4.78, 5) is 31.8. The molecule has 0 spiro atoms. The molecule has 1 atom stereocenters. The second-order valence-corrected chi connectivity index (χ2v) is 9.11. The van der Waals surface area contributed by atoms with Crippen LogP contribution in [0.2, 0.25) is 5.02 Å². The predicted molar refractivity (Wildman–Crippen MR) is 128 cm³/mol. The van der Waals surface area contributed by atoms with Gasteiger partial charge in [0.05, 0.1) is 11.1 Å². The average molecular weight is 474 g/mol. The van der Waals surface area contributed by atoms with Crippen molar-refractivity contribution >= 4 is 34.8 Å². The van der Waals surface area contributed by atoms with Crippen LogP contribution in [0.5, 0.6) is 0 Å². The van der Waals surface area contributed by atoms with Crippen LogP contribution in [0.4, 0.5) is 15.8 Å². The Labute approximate surface area is 198 Å². The molecule has 33 heavy (non-hydrogen) atoms. The van der Waals surface area contributed by atoms with E-state index in [1.165, 1.54) is 23.4 Å². The second-order valence-electron chi connectivity index (χ2n) is 8.71. The number of rotatable bonds is 5. The summed E-state index contributed by atoms with van der Waals surface area (Å²) in [6.07, 6.45) is 1.00. The minimum absolute atomic E-state index is 0.0353. The van der Waals surface area contributed by atoms with Gasteiger partial charge in [-0.15, -0.1) is 0 Å². The smallest absolute Gasteiger partial charge is 0.313 e. The van der Waals surface area contributed by atoms with E-state index >= 15 is 0 Å². The first-order chi connectivity index (χ1) is 15.8. The highest BCUT2D eigenvalue weighted by molar-refractivity contribution is 6.39. The van der Waals surface area contributed by atoms with E-state index in [0.717, 1.165) is 50.8 Å². The van der Waals surface area contributed by atoms with E-state index in [9.17, 15) is 14.0 Å². The van der Waals surface area contributed by atoms with E-state index in [1.54, 1.807) is 0 Å². The molecular formula is C24H29ClFN5O2. The summed E-state index contributed by atoms with van der Waals surface area (Å²) in [6, 6.07) is 10.2. The Hall–Kier alpha value is -2.68. The average Bonchev–Trinajstić information content (AvgIpc) is 3.17. The molecule has 7 nitrogen and oxygen atoms in total. The van der Waals surface area contributed by atoms with Crippen LogP contribution in [-0.4, -0.2) is 75.0 Å². The molecule has 0 unspecified atom stereocenters. The minimum Gasteiger partial charge on any atom is -0.374 e. The van der Waals surface area contributed by atoms with Crippen molar-refractivity contribution in [2.24, 2.45) is 0 Å². The maximum atomic E-state index is 13.3. The van der Waals surface area contributed by atoms with Crippen molar-refractivity contribution in [3.05, 3.63) is 58.4 Å². The van der Waals surface area contributed by atoms with E-state index < -0.39 is 17.6 Å². The number of nitrogens with one attached hydrogen (secondary N) is 2. The Morgan fingerprint density at radius 3 is 2.52 bits per heavy atom. The van der Waals surface area contributed by atoms with Crippen molar-refractivity contribution < 1.29 is 14.0 Å². The van der Waals surface area contributed by atoms with Crippen molar-refractivity contribution in [3.63, 3.8) is 0 Å². The van der Waals surface area contributed by atoms with Gasteiger partial charge in [-0.1, -0.05) is 23.7 Å². The first kappa shape index (κ1) is 23.5. The summed E-state index contributed by atoms with van der Waals surface area (Å²) >= 11 is 5.75. The summed E-state index contributed by atoms with van der Waals surface area (Å²) in [5.74, 6) is -2.14. The molecule has 9 heteroatoms. The van der Waals surface area contributed by atoms with Gasteiger partial charge in [-0.25, -0.2) is 4.39 Å². The molecule has 176 valence electrons. The lowest BCUT2D eigenvalue weighted by molar-refractivity contribution is -0.136. The molecule has 2 aromatic rings. The molecular weight excluding hydrogens is 445 g/mol. The highest BCUT2D eigenvalue weighted by atomic mass is 35.5. The molecule has 2 aliphatic rings. The number of hydrogen-bond donors (Lipinski definition) is 2. The Morgan fingerprint density at radius 1 is 1.03 bits per heavy atom. The van der Waals surface area contributed by atoms with Gasteiger partial charge < -0.3 is 20.4 Å². The Morgan fingerprint density at radius 2 is 1.79 bits per heavy atom. The second kappa shape index (κ2) is 10.1. The Balaban J connectivity index is 1.45. The van der Waals surface area contributed by atoms with Gasteiger partial charge >= 0.3 is 11.8 Å². The molecule has 2 N–H and O–H groups in total. The zero-order valence-electron chi connectivity index (χ0n) is 18.9. The van der Waals surface area contributed by atoms with Gasteiger partial charge in [-0.2, -0.15) is 0 Å². The molecule has 4 rings (SSSR count).